The van der Waals surface area contributed by atoms with E-state index >= 15 is 0 Å². The van der Waals surface area contributed by atoms with Gasteiger partial charge in [-0.1, -0.05) is 11.6 Å². The van der Waals surface area contributed by atoms with E-state index in [4.69, 9.17) is 16.3 Å². The summed E-state index contributed by atoms with van der Waals surface area (Å²) >= 11 is 7.34. The molecule has 0 saturated carbocycles. The van der Waals surface area contributed by atoms with Crippen LogP contribution in [0.5, 0.6) is 0 Å². The number of nitrogens with zero attached hydrogens (tertiary/aromatic N) is 3. The molecule has 0 unspecified atom stereocenters. The van der Waals surface area contributed by atoms with Crippen molar-refractivity contribution in [3.63, 3.8) is 0 Å². The van der Waals surface area contributed by atoms with Gasteiger partial charge in [-0.05, 0) is 6.07 Å². The topological polar surface area (TPSA) is 38.2 Å². The lowest BCUT2D eigenvalue weighted by atomic mass is 10.2. The van der Waals surface area contributed by atoms with Gasteiger partial charge in [-0.25, -0.2) is 4.98 Å². The van der Waals surface area contributed by atoms with Crippen LogP contribution in [0.4, 0.5) is 18.3 Å². The number of hydrogen-bond acceptors (Lipinski definition) is 5. The Labute approximate surface area is 133 Å². The quantitative estimate of drug-likeness (QED) is 0.828. The molecule has 0 radical (unpaired) electrons. The Hall–Kier alpha value is -1.38. The molecule has 1 aliphatic rings. The van der Waals surface area contributed by atoms with Gasteiger partial charge in [0.15, 0.2) is 5.13 Å². The summed E-state index contributed by atoms with van der Waals surface area (Å²) in [6, 6.07) is 0.873. The molecule has 3 heterocycles. The molecule has 0 atom stereocenters. The number of thiazole rings is 1. The van der Waals surface area contributed by atoms with Crippen molar-refractivity contribution >= 4 is 28.1 Å². The smallest absolute Gasteiger partial charge is 0.378 e. The van der Waals surface area contributed by atoms with Gasteiger partial charge in [-0.15, -0.1) is 11.3 Å². The Balaban J connectivity index is 1.87. The van der Waals surface area contributed by atoms with Crippen molar-refractivity contribution in [3.8, 4) is 11.4 Å². The van der Waals surface area contributed by atoms with Crippen LogP contribution in [0, 0.1) is 0 Å². The lowest BCUT2D eigenvalue weighted by Gasteiger charge is -2.26. The second-order valence-corrected chi connectivity index (χ2v) is 5.91. The standard InChI is InChI=1S/C13H11ClF3N3OS/c14-9-5-8(13(15,16)17)6-18-11(9)10-7-22-12(19-10)20-1-3-21-4-2-20/h5-7H,1-4H2. The lowest BCUT2D eigenvalue weighted by molar-refractivity contribution is -0.137. The van der Waals surface area contributed by atoms with Gasteiger partial charge in [0.25, 0.3) is 0 Å². The van der Waals surface area contributed by atoms with Crippen LogP contribution in [-0.2, 0) is 10.9 Å². The highest BCUT2D eigenvalue weighted by Crippen LogP contribution is 2.35. The number of hydrogen-bond donors (Lipinski definition) is 0. The minimum absolute atomic E-state index is 0.0614. The molecule has 0 spiro atoms. The molecule has 2 aromatic rings. The van der Waals surface area contributed by atoms with E-state index < -0.39 is 11.7 Å². The number of anilines is 1. The van der Waals surface area contributed by atoms with E-state index in [0.29, 0.717) is 18.9 Å². The highest BCUT2D eigenvalue weighted by molar-refractivity contribution is 7.14. The predicted molar refractivity (Wildman–Crippen MR) is 78.4 cm³/mol. The summed E-state index contributed by atoms with van der Waals surface area (Å²) in [6.07, 6.45) is -3.69. The molecule has 1 aliphatic heterocycles. The van der Waals surface area contributed by atoms with Crippen molar-refractivity contribution in [2.45, 2.75) is 6.18 Å². The van der Waals surface area contributed by atoms with Gasteiger partial charge in [0.1, 0.15) is 11.4 Å². The summed E-state index contributed by atoms with van der Waals surface area (Å²) in [5.74, 6) is 0. The van der Waals surface area contributed by atoms with Crippen molar-refractivity contribution < 1.29 is 17.9 Å². The third kappa shape index (κ3) is 3.18. The van der Waals surface area contributed by atoms with Crippen LogP contribution >= 0.6 is 22.9 Å². The molecule has 9 heteroatoms. The molecule has 3 rings (SSSR count). The van der Waals surface area contributed by atoms with Crippen LogP contribution < -0.4 is 4.90 Å². The van der Waals surface area contributed by atoms with Gasteiger partial charge in [0.05, 0.1) is 23.8 Å². The number of morpholine rings is 1. The van der Waals surface area contributed by atoms with Gasteiger partial charge in [0.2, 0.25) is 0 Å². The average molecular weight is 350 g/mol. The van der Waals surface area contributed by atoms with Crippen LogP contribution in [-0.4, -0.2) is 36.3 Å². The first-order chi connectivity index (χ1) is 10.4. The number of aromatic nitrogens is 2. The fourth-order valence-corrected chi connectivity index (χ4v) is 3.18. The molecule has 2 aromatic heterocycles. The van der Waals surface area contributed by atoms with E-state index in [1.165, 1.54) is 11.3 Å². The first kappa shape index (κ1) is 15.5. The molecular formula is C13H11ClF3N3OS. The van der Waals surface area contributed by atoms with Crippen molar-refractivity contribution in [3.05, 3.63) is 28.2 Å². The molecule has 0 aromatic carbocycles. The summed E-state index contributed by atoms with van der Waals surface area (Å²) in [4.78, 5) is 10.3. The molecule has 1 fully saturated rings. The number of pyridine rings is 1. The molecule has 118 valence electrons. The molecule has 4 nitrogen and oxygen atoms in total. The predicted octanol–water partition coefficient (Wildman–Crippen LogP) is 3.71. The highest BCUT2D eigenvalue weighted by Gasteiger charge is 2.32. The molecule has 22 heavy (non-hydrogen) atoms. The van der Waals surface area contributed by atoms with Crippen LogP contribution in [0.1, 0.15) is 5.56 Å². The van der Waals surface area contributed by atoms with Crippen molar-refractivity contribution in [1.82, 2.24) is 9.97 Å². The Morgan fingerprint density at radius 3 is 2.64 bits per heavy atom. The normalized spacial score (nSPS) is 16.1. The van der Waals surface area contributed by atoms with E-state index in [1.807, 2.05) is 0 Å². The maximum atomic E-state index is 12.6. The summed E-state index contributed by atoms with van der Waals surface area (Å²) in [6.45, 7) is 2.74. The van der Waals surface area contributed by atoms with Crippen LogP contribution in [0.2, 0.25) is 5.02 Å². The second-order valence-electron chi connectivity index (χ2n) is 4.67. The third-order valence-electron chi connectivity index (χ3n) is 3.18. The number of ether oxygens (including phenoxy) is 1. The Morgan fingerprint density at radius 1 is 1.27 bits per heavy atom. The monoisotopic (exact) mass is 349 g/mol. The van der Waals surface area contributed by atoms with E-state index in [-0.39, 0.29) is 10.7 Å². The third-order valence-corrected chi connectivity index (χ3v) is 4.37. The molecule has 0 bridgehead atoms. The highest BCUT2D eigenvalue weighted by atomic mass is 35.5. The Bertz CT molecular complexity index is 671. The number of alkyl halides is 3. The van der Waals surface area contributed by atoms with Gasteiger partial charge in [-0.3, -0.25) is 4.98 Å². The zero-order valence-electron chi connectivity index (χ0n) is 11.2. The van der Waals surface area contributed by atoms with Gasteiger partial charge in [0, 0.05) is 24.7 Å². The van der Waals surface area contributed by atoms with E-state index in [0.717, 1.165) is 30.5 Å². The average Bonchev–Trinajstić information content (AvgIpc) is 2.96. The summed E-state index contributed by atoms with van der Waals surface area (Å²) in [5.41, 5.74) is -0.138. The van der Waals surface area contributed by atoms with E-state index in [9.17, 15) is 13.2 Å². The minimum atomic E-state index is -4.46. The van der Waals surface area contributed by atoms with Crippen LogP contribution in [0.15, 0.2) is 17.6 Å². The summed E-state index contributed by atoms with van der Waals surface area (Å²) in [7, 11) is 0. The van der Waals surface area contributed by atoms with Crippen LogP contribution in [0.25, 0.3) is 11.4 Å². The Kier molecular flexibility index (Phi) is 4.24. The lowest BCUT2D eigenvalue weighted by Crippen LogP contribution is -2.36. The molecule has 0 aliphatic carbocycles. The molecule has 1 saturated heterocycles. The first-order valence-electron chi connectivity index (χ1n) is 6.46. The van der Waals surface area contributed by atoms with Gasteiger partial charge in [-0.2, -0.15) is 13.2 Å². The largest absolute Gasteiger partial charge is 0.417 e. The van der Waals surface area contributed by atoms with Gasteiger partial charge < -0.3 is 9.64 Å². The molecular weight excluding hydrogens is 339 g/mol. The zero-order valence-corrected chi connectivity index (χ0v) is 12.8. The summed E-state index contributed by atoms with van der Waals surface area (Å²) in [5, 5.41) is 2.47. The van der Waals surface area contributed by atoms with E-state index in [1.54, 1.807) is 5.38 Å². The van der Waals surface area contributed by atoms with Gasteiger partial charge >= 0.3 is 6.18 Å². The zero-order chi connectivity index (χ0) is 15.7. The SMILES string of the molecule is FC(F)(F)c1cnc(-c2csc(N3CCOCC3)n2)c(Cl)c1. The first-order valence-corrected chi connectivity index (χ1v) is 7.72. The molecule has 0 N–H and O–H groups in total. The van der Waals surface area contributed by atoms with Crippen molar-refractivity contribution in [2.24, 2.45) is 0 Å². The van der Waals surface area contributed by atoms with Crippen LogP contribution in [0.3, 0.4) is 0 Å². The number of halogens is 4. The van der Waals surface area contributed by atoms with Crippen molar-refractivity contribution in [2.75, 3.05) is 31.2 Å². The number of rotatable bonds is 2. The minimum Gasteiger partial charge on any atom is -0.378 e. The fraction of sp³-hybridized carbons (Fsp3) is 0.385. The maximum Gasteiger partial charge on any atom is 0.417 e. The Morgan fingerprint density at radius 2 is 2.00 bits per heavy atom. The summed E-state index contributed by atoms with van der Waals surface area (Å²) < 4.78 is 43.1. The maximum absolute atomic E-state index is 12.6. The molecule has 0 amide bonds. The van der Waals surface area contributed by atoms with Crippen molar-refractivity contribution in [1.29, 1.82) is 0 Å². The fourth-order valence-electron chi connectivity index (χ4n) is 2.05. The van der Waals surface area contributed by atoms with E-state index in [2.05, 4.69) is 14.9 Å². The second kappa shape index (κ2) is 6.02.